The average Bonchev–Trinajstić information content (AvgIpc) is 2.93. The number of fused-ring (bicyclic) bond motifs is 8. The standard InChI is InChI=1S/C24H16O16S8.4Na.Zn/c25-21-13-1-9(45(29,30)31)2-14(21)42-17-5-11(47(35,36)37)6-18(23(17)27)44-20-8-12(48(38,39)40)7-19(24(20)28)43-16-4-10(46(32,33)34)3-15(41-13)22(16)26;;;;;/h1-8,25-28H,(H,29,30,31)(H,32,33,34)(H,35,36,37)(H,38,39,40);;;;;/q;4*+1;+2/p-6. The van der Waals surface area contributed by atoms with Crippen molar-refractivity contribution >= 4 is 87.5 Å². The predicted octanol–water partition coefficient (Wildman–Crippen LogP) is -10.2. The first-order valence-corrected chi connectivity index (χ1v) is 20.8. The van der Waals surface area contributed by atoms with Gasteiger partial charge in [0.2, 0.25) is 0 Å². The number of hydrogen-bond acceptors (Lipinski definition) is 20. The SMILES string of the molecule is O=S(=O)([O-])c1cc2c([O-])c(c1)Sc1cc(S(=O)(=O)[O-])cc(c1O)Sc1cc(S(=O)(=O)[O-])cc(c1O)Sc1cc(S(=O)(=O)[O-])cc(c1[O-])S2.[Na+].[Na+].[Na+].[Na+].[Zn+2]. The smallest absolute Gasteiger partial charge is 0.871 e. The molecule has 8 bridgehead atoms. The van der Waals surface area contributed by atoms with E-state index in [4.69, 9.17) is 0 Å². The van der Waals surface area contributed by atoms with Gasteiger partial charge in [-0.3, -0.25) is 0 Å². The van der Waals surface area contributed by atoms with Crippen LogP contribution in [0.25, 0.3) is 0 Å². The van der Waals surface area contributed by atoms with Gasteiger partial charge in [0.05, 0.1) is 39.2 Å². The molecule has 1 heterocycles. The molecule has 5 rings (SSSR count). The Morgan fingerprint density at radius 1 is 0.377 bits per heavy atom. The molecule has 0 amide bonds. The number of hydrogen-bond donors (Lipinski definition) is 2. The van der Waals surface area contributed by atoms with Crippen LogP contribution in [0, 0.1) is 0 Å². The molecular formula is C24H10Na4O16S8Zn. The van der Waals surface area contributed by atoms with Gasteiger partial charge in [-0.25, -0.2) is 33.7 Å². The van der Waals surface area contributed by atoms with Gasteiger partial charge in [-0.1, -0.05) is 58.5 Å². The Labute approximate surface area is 420 Å². The zero-order valence-corrected chi connectivity index (χ0v) is 44.7. The second-order valence-electron chi connectivity index (χ2n) is 9.26. The fraction of sp³-hybridized carbons (Fsp3) is 0. The van der Waals surface area contributed by atoms with E-state index in [1.807, 2.05) is 0 Å². The fourth-order valence-electron chi connectivity index (χ4n) is 3.89. The van der Waals surface area contributed by atoms with Crippen LogP contribution < -0.4 is 128 Å². The van der Waals surface area contributed by atoms with Gasteiger partial charge in [0.25, 0.3) is 0 Å². The van der Waals surface area contributed by atoms with Crippen molar-refractivity contribution in [2.24, 2.45) is 0 Å². The van der Waals surface area contributed by atoms with Gasteiger partial charge in [-0.15, -0.1) is 0 Å². The van der Waals surface area contributed by atoms with Crippen LogP contribution in [0.3, 0.4) is 0 Å². The van der Waals surface area contributed by atoms with E-state index in [1.54, 1.807) is 0 Å². The molecular weight excluding hydrogens is 958 g/mol. The summed E-state index contributed by atoms with van der Waals surface area (Å²) in [4.78, 5) is -9.36. The summed E-state index contributed by atoms with van der Waals surface area (Å²) in [5, 5.41) is 49.2. The number of phenolic OH excluding ortho intramolecular Hbond substituents is 2. The third-order valence-corrected chi connectivity index (χ3v) is 13.5. The van der Waals surface area contributed by atoms with Crippen molar-refractivity contribution in [3.8, 4) is 23.0 Å². The van der Waals surface area contributed by atoms with Gasteiger partial charge in [-0.05, 0) is 48.5 Å². The molecule has 0 unspecified atom stereocenters. The molecule has 0 saturated heterocycles. The van der Waals surface area contributed by atoms with Crippen molar-refractivity contribution < 1.29 is 210 Å². The van der Waals surface area contributed by atoms with Gasteiger partial charge in [0, 0.05) is 19.6 Å². The van der Waals surface area contributed by atoms with Gasteiger partial charge in [-0.2, -0.15) is 0 Å². The van der Waals surface area contributed by atoms with E-state index in [0.29, 0.717) is 48.5 Å². The van der Waals surface area contributed by atoms with E-state index in [9.17, 15) is 72.3 Å². The van der Waals surface area contributed by atoms with E-state index in [1.165, 1.54) is 0 Å². The van der Waals surface area contributed by atoms with Crippen LogP contribution in [0.4, 0.5) is 0 Å². The summed E-state index contributed by atoms with van der Waals surface area (Å²) in [6.07, 6.45) is 0. The van der Waals surface area contributed by atoms with E-state index in [0.717, 1.165) is 0 Å². The molecule has 1 aliphatic rings. The van der Waals surface area contributed by atoms with E-state index in [-0.39, 0.29) is 185 Å². The van der Waals surface area contributed by atoms with Crippen molar-refractivity contribution in [1.29, 1.82) is 0 Å². The normalized spacial score (nSPS) is 12.8. The Kier molecular flexibility index (Phi) is 21.0. The number of phenols is 2. The molecule has 256 valence electrons. The maximum absolute atomic E-state index is 13.5. The van der Waals surface area contributed by atoms with E-state index in [2.05, 4.69) is 0 Å². The van der Waals surface area contributed by atoms with Crippen LogP contribution in [0.5, 0.6) is 23.0 Å². The Balaban J connectivity index is 0.00000541. The van der Waals surface area contributed by atoms with E-state index >= 15 is 0 Å². The Bertz CT molecular complexity index is 2080. The summed E-state index contributed by atoms with van der Waals surface area (Å²) in [6, 6.07) is 4.54. The molecule has 0 radical (unpaired) electrons. The molecule has 29 heteroatoms. The van der Waals surface area contributed by atoms with Crippen LogP contribution in [0.15, 0.2) is 107 Å². The molecule has 1 aliphatic heterocycles. The van der Waals surface area contributed by atoms with Crippen molar-refractivity contribution in [1.82, 2.24) is 0 Å². The van der Waals surface area contributed by atoms with Gasteiger partial charge < -0.3 is 38.6 Å². The maximum atomic E-state index is 13.5. The quantitative estimate of drug-likeness (QED) is 0.125. The molecule has 16 nitrogen and oxygen atoms in total. The summed E-state index contributed by atoms with van der Waals surface area (Å²) in [5.74, 6) is -4.05. The van der Waals surface area contributed by atoms with Crippen LogP contribution in [0.1, 0.15) is 0 Å². The number of rotatable bonds is 4. The van der Waals surface area contributed by atoms with Crippen LogP contribution in [-0.4, -0.2) is 62.1 Å². The largest absolute Gasteiger partial charge is 2.00 e. The van der Waals surface area contributed by atoms with Crippen LogP contribution in [0.2, 0.25) is 0 Å². The Morgan fingerprint density at radius 2 is 0.528 bits per heavy atom. The first-order valence-electron chi connectivity index (χ1n) is 11.9. The third-order valence-electron chi connectivity index (χ3n) is 6.05. The maximum Gasteiger partial charge on any atom is 2.00 e. The summed E-state index contributed by atoms with van der Waals surface area (Å²) in [7, 11) is -21.4. The first-order chi connectivity index (χ1) is 21.9. The number of benzene rings is 4. The second-order valence-corrected chi connectivity index (χ2v) is 19.1. The molecule has 0 atom stereocenters. The van der Waals surface area contributed by atoms with Gasteiger partial charge >= 0.3 is 138 Å². The van der Waals surface area contributed by atoms with Gasteiger partial charge in [0.1, 0.15) is 52.0 Å². The molecule has 4 aromatic carbocycles. The molecule has 0 fully saturated rings. The van der Waals surface area contributed by atoms with Crippen molar-refractivity contribution in [3.05, 3.63) is 48.5 Å². The minimum Gasteiger partial charge on any atom is -0.871 e. The van der Waals surface area contributed by atoms with E-state index < -0.39 is 122 Å². The minimum absolute atomic E-state index is 0. The van der Waals surface area contributed by atoms with Crippen molar-refractivity contribution in [3.63, 3.8) is 0 Å². The zero-order chi connectivity index (χ0) is 35.7. The minimum atomic E-state index is -5.37. The first kappa shape index (κ1) is 54.7. The molecule has 0 saturated carbocycles. The molecule has 4 aromatic rings. The third kappa shape index (κ3) is 12.9. The molecule has 53 heavy (non-hydrogen) atoms. The molecule has 2 N–H and O–H groups in total. The Morgan fingerprint density at radius 3 is 0.717 bits per heavy atom. The van der Waals surface area contributed by atoms with Crippen molar-refractivity contribution in [2.75, 3.05) is 0 Å². The van der Waals surface area contributed by atoms with Crippen molar-refractivity contribution in [2.45, 2.75) is 58.7 Å². The predicted molar refractivity (Wildman–Crippen MR) is 156 cm³/mol. The molecule has 0 spiro atoms. The average molecular weight is 968 g/mol. The number of aromatic hydroxyl groups is 2. The fourth-order valence-corrected chi connectivity index (χ4v) is 10.9. The summed E-state index contributed by atoms with van der Waals surface area (Å²) in [6.45, 7) is 0. The van der Waals surface area contributed by atoms with Gasteiger partial charge in [0.15, 0.2) is 0 Å². The summed E-state index contributed by atoms with van der Waals surface area (Å²) in [5.41, 5.74) is 0. The van der Waals surface area contributed by atoms with Crippen LogP contribution in [-0.2, 0) is 60.0 Å². The summed E-state index contributed by atoms with van der Waals surface area (Å²) < 4.78 is 144. The zero-order valence-electron chi connectivity index (χ0n) is 27.2. The molecule has 0 aliphatic carbocycles. The van der Waals surface area contributed by atoms with Crippen LogP contribution >= 0.6 is 47.0 Å². The summed E-state index contributed by atoms with van der Waals surface area (Å²) >= 11 is 0.625. The second kappa shape index (κ2) is 20.3. The Hall–Kier alpha value is 1.74. The molecule has 0 aromatic heterocycles. The monoisotopic (exact) mass is 966 g/mol. The topological polar surface area (TPSA) is 315 Å².